The second-order valence-electron chi connectivity index (χ2n) is 5.82. The second-order valence-corrected chi connectivity index (χ2v) is 8.42. The molecule has 0 saturated carbocycles. The van der Waals surface area contributed by atoms with E-state index in [4.69, 9.17) is 0 Å². The molecule has 2 aromatic rings. The fourth-order valence-electron chi connectivity index (χ4n) is 2.11. The number of quaternary nitrogens is 1. The minimum Gasteiger partial charge on any atom is -0.346 e. The van der Waals surface area contributed by atoms with Gasteiger partial charge in [0, 0.05) is 4.47 Å². The van der Waals surface area contributed by atoms with Crippen molar-refractivity contribution in [1.82, 2.24) is 5.32 Å². The van der Waals surface area contributed by atoms with Gasteiger partial charge >= 0.3 is 0 Å². The number of sulfonamides is 1. The van der Waals surface area contributed by atoms with Gasteiger partial charge in [-0.1, -0.05) is 28.1 Å². The molecule has 2 rings (SSSR count). The number of benzene rings is 2. The molecule has 0 aliphatic rings. The maximum Gasteiger partial charge on any atom is 0.261 e. The molecule has 25 heavy (non-hydrogen) atoms. The van der Waals surface area contributed by atoms with E-state index >= 15 is 0 Å². The van der Waals surface area contributed by atoms with Gasteiger partial charge in [0.15, 0.2) is 0 Å². The number of carbonyl (C=O) groups excluding carboxylic acids is 1. The van der Waals surface area contributed by atoms with Crippen LogP contribution in [0.1, 0.15) is 10.4 Å². The molecule has 134 valence electrons. The van der Waals surface area contributed by atoms with Gasteiger partial charge in [-0.05, 0) is 36.4 Å². The first-order valence-electron chi connectivity index (χ1n) is 7.74. The van der Waals surface area contributed by atoms with Gasteiger partial charge in [-0.25, -0.2) is 8.42 Å². The predicted octanol–water partition coefficient (Wildman–Crippen LogP) is 1.12. The summed E-state index contributed by atoms with van der Waals surface area (Å²) in [6.07, 6.45) is 0. The summed E-state index contributed by atoms with van der Waals surface area (Å²) in [6.45, 7) is 1.29. The minimum absolute atomic E-state index is 0.127. The number of amides is 1. The summed E-state index contributed by atoms with van der Waals surface area (Å²) in [5.41, 5.74) is 0.539. The summed E-state index contributed by atoms with van der Waals surface area (Å²) >= 11 is 3.27. The zero-order chi connectivity index (χ0) is 18.4. The lowest BCUT2D eigenvalue weighted by atomic mass is 10.1. The molecule has 0 heterocycles. The van der Waals surface area contributed by atoms with E-state index in [0.717, 1.165) is 11.0 Å². The Balaban J connectivity index is 2.20. The molecule has 8 heteroatoms. The van der Waals surface area contributed by atoms with Gasteiger partial charge in [-0.15, -0.1) is 0 Å². The Kier molecular flexibility index (Phi) is 6.57. The van der Waals surface area contributed by atoms with Gasteiger partial charge in [0.25, 0.3) is 15.9 Å². The number of hydrogen-bond donors (Lipinski definition) is 3. The Morgan fingerprint density at radius 1 is 1.08 bits per heavy atom. The number of halogens is 1. The SMILES string of the molecule is C[NH+](C)CCNC(=O)c1ccccc1NS(=O)(=O)c1ccc(Br)cc1. The molecular formula is C17H21BrN3O3S+. The topological polar surface area (TPSA) is 79.7 Å². The molecule has 0 unspecified atom stereocenters. The smallest absolute Gasteiger partial charge is 0.261 e. The van der Waals surface area contributed by atoms with E-state index in [-0.39, 0.29) is 22.1 Å². The van der Waals surface area contributed by atoms with Crippen LogP contribution in [0.3, 0.4) is 0 Å². The largest absolute Gasteiger partial charge is 0.346 e. The monoisotopic (exact) mass is 426 g/mol. The lowest BCUT2D eigenvalue weighted by molar-refractivity contribution is -0.856. The summed E-state index contributed by atoms with van der Waals surface area (Å²) in [7, 11) is 0.210. The van der Waals surface area contributed by atoms with Crippen LogP contribution in [-0.4, -0.2) is 41.5 Å². The van der Waals surface area contributed by atoms with Crippen LogP contribution < -0.4 is 14.9 Å². The Bertz CT molecular complexity index is 836. The first-order chi connectivity index (χ1) is 11.8. The van der Waals surface area contributed by atoms with Gasteiger partial charge in [-0.2, -0.15) is 0 Å². The quantitative estimate of drug-likeness (QED) is 0.620. The van der Waals surface area contributed by atoms with E-state index in [0.29, 0.717) is 6.54 Å². The van der Waals surface area contributed by atoms with E-state index in [1.165, 1.54) is 17.0 Å². The highest BCUT2D eigenvalue weighted by molar-refractivity contribution is 9.10. The van der Waals surface area contributed by atoms with Crippen molar-refractivity contribution in [2.75, 3.05) is 31.9 Å². The van der Waals surface area contributed by atoms with Crippen LogP contribution in [0, 0.1) is 0 Å². The average molecular weight is 427 g/mol. The molecule has 0 atom stereocenters. The van der Waals surface area contributed by atoms with Gasteiger partial charge in [0.1, 0.15) is 0 Å². The number of hydrogen-bond acceptors (Lipinski definition) is 3. The number of carbonyl (C=O) groups is 1. The molecule has 0 aliphatic heterocycles. The summed E-state index contributed by atoms with van der Waals surface area (Å²) in [5, 5.41) is 2.80. The molecule has 1 amide bonds. The average Bonchev–Trinajstić information content (AvgIpc) is 2.55. The summed E-state index contributed by atoms with van der Waals surface area (Å²) < 4.78 is 28.3. The predicted molar refractivity (Wildman–Crippen MR) is 101 cm³/mol. The zero-order valence-electron chi connectivity index (χ0n) is 14.0. The minimum atomic E-state index is -3.78. The van der Waals surface area contributed by atoms with Gasteiger partial charge in [0.05, 0.1) is 43.3 Å². The van der Waals surface area contributed by atoms with Crippen molar-refractivity contribution in [3.63, 3.8) is 0 Å². The summed E-state index contributed by atoms with van der Waals surface area (Å²) in [5.74, 6) is -0.310. The van der Waals surface area contributed by atoms with Crippen LogP contribution >= 0.6 is 15.9 Å². The highest BCUT2D eigenvalue weighted by Crippen LogP contribution is 2.21. The van der Waals surface area contributed by atoms with Crippen molar-refractivity contribution in [3.8, 4) is 0 Å². The van der Waals surface area contributed by atoms with Crippen LogP contribution in [-0.2, 0) is 10.0 Å². The van der Waals surface area contributed by atoms with Crippen molar-refractivity contribution in [1.29, 1.82) is 0 Å². The fourth-order valence-corrected chi connectivity index (χ4v) is 3.45. The van der Waals surface area contributed by atoms with Gasteiger partial charge in [0.2, 0.25) is 0 Å². The Labute approximate surface area is 156 Å². The van der Waals surface area contributed by atoms with E-state index in [9.17, 15) is 13.2 Å². The number of para-hydroxylation sites is 1. The fraction of sp³-hybridized carbons (Fsp3) is 0.235. The number of likely N-dealkylation sites (N-methyl/N-ethyl adjacent to an activating group) is 1. The zero-order valence-corrected chi connectivity index (χ0v) is 16.4. The van der Waals surface area contributed by atoms with Crippen molar-refractivity contribution in [3.05, 3.63) is 58.6 Å². The van der Waals surface area contributed by atoms with E-state index in [1.54, 1.807) is 36.4 Å². The number of anilines is 1. The molecule has 0 bridgehead atoms. The number of nitrogens with one attached hydrogen (secondary N) is 3. The molecule has 0 aromatic heterocycles. The van der Waals surface area contributed by atoms with Crippen LogP contribution in [0.15, 0.2) is 57.9 Å². The second kappa shape index (κ2) is 8.46. The molecule has 6 nitrogen and oxygen atoms in total. The Hall–Kier alpha value is -1.90. The van der Waals surface area contributed by atoms with Gasteiger partial charge < -0.3 is 10.2 Å². The van der Waals surface area contributed by atoms with Crippen molar-refractivity contribution < 1.29 is 18.1 Å². The maximum absolute atomic E-state index is 12.5. The molecule has 2 aromatic carbocycles. The van der Waals surface area contributed by atoms with E-state index in [2.05, 4.69) is 26.0 Å². The highest BCUT2D eigenvalue weighted by Gasteiger charge is 2.18. The van der Waals surface area contributed by atoms with Gasteiger partial charge in [-0.3, -0.25) is 9.52 Å². The molecular weight excluding hydrogens is 406 g/mol. The van der Waals surface area contributed by atoms with Crippen molar-refractivity contribution >= 4 is 37.5 Å². The third-order valence-electron chi connectivity index (χ3n) is 3.45. The molecule has 0 spiro atoms. The lowest BCUT2D eigenvalue weighted by Gasteiger charge is -2.13. The van der Waals surface area contributed by atoms with Crippen molar-refractivity contribution in [2.45, 2.75) is 4.90 Å². The van der Waals surface area contributed by atoms with E-state index < -0.39 is 10.0 Å². The molecule has 3 N–H and O–H groups in total. The summed E-state index contributed by atoms with van der Waals surface area (Å²) in [4.78, 5) is 13.7. The molecule has 0 radical (unpaired) electrons. The summed E-state index contributed by atoms with van der Waals surface area (Å²) in [6, 6.07) is 12.8. The molecule has 0 aliphatic carbocycles. The van der Waals surface area contributed by atoms with Crippen molar-refractivity contribution in [2.24, 2.45) is 0 Å². The maximum atomic E-state index is 12.5. The van der Waals surface area contributed by atoms with Crippen LogP contribution in [0.4, 0.5) is 5.69 Å². The normalized spacial score (nSPS) is 11.4. The van der Waals surface area contributed by atoms with Crippen LogP contribution in [0.5, 0.6) is 0 Å². The first kappa shape index (κ1) is 19.4. The van der Waals surface area contributed by atoms with Crippen LogP contribution in [0.2, 0.25) is 0 Å². The molecule has 0 fully saturated rings. The highest BCUT2D eigenvalue weighted by atomic mass is 79.9. The van der Waals surface area contributed by atoms with E-state index in [1.807, 2.05) is 14.1 Å². The third-order valence-corrected chi connectivity index (χ3v) is 5.36. The number of rotatable bonds is 7. The standard InChI is InChI=1S/C17H20BrN3O3S/c1-21(2)12-11-19-17(22)15-5-3-4-6-16(15)20-25(23,24)14-9-7-13(18)8-10-14/h3-10,20H,11-12H2,1-2H3,(H,19,22)/p+1. The Morgan fingerprint density at radius 2 is 1.72 bits per heavy atom. The molecule has 0 saturated heterocycles. The third kappa shape index (κ3) is 5.55. The van der Waals surface area contributed by atoms with Crippen LogP contribution in [0.25, 0.3) is 0 Å². The lowest BCUT2D eigenvalue weighted by Crippen LogP contribution is -3.06. The first-order valence-corrected chi connectivity index (χ1v) is 10.0. The Morgan fingerprint density at radius 3 is 2.36 bits per heavy atom.